The lowest BCUT2D eigenvalue weighted by Crippen LogP contribution is -2.48. The van der Waals surface area contributed by atoms with Crippen molar-refractivity contribution < 1.29 is 9.90 Å². The quantitative estimate of drug-likeness (QED) is 0.858. The van der Waals surface area contributed by atoms with Gasteiger partial charge in [-0.3, -0.25) is 0 Å². The number of piperidine rings is 1. The zero-order chi connectivity index (χ0) is 19.1. The fourth-order valence-corrected chi connectivity index (χ4v) is 5.69. The third-order valence-electron chi connectivity index (χ3n) is 7.00. The van der Waals surface area contributed by atoms with E-state index in [0.717, 1.165) is 25.8 Å². The van der Waals surface area contributed by atoms with Crippen LogP contribution in [0, 0.1) is 11.8 Å². The molecule has 28 heavy (non-hydrogen) atoms. The van der Waals surface area contributed by atoms with Gasteiger partial charge in [0.1, 0.15) is 0 Å². The molecule has 2 amide bonds. The van der Waals surface area contributed by atoms with E-state index in [2.05, 4.69) is 53.8 Å². The van der Waals surface area contributed by atoms with E-state index in [-0.39, 0.29) is 18.6 Å². The molecule has 6 rings (SSSR count). The zero-order valence-corrected chi connectivity index (χ0v) is 16.2. The van der Waals surface area contributed by atoms with Crippen LogP contribution in [0.4, 0.5) is 4.79 Å². The SMILES string of the molecule is O=C(NCC1CC2c3ccccc3C1c1ccccc12)N1CCCC(CO)C1. The summed E-state index contributed by atoms with van der Waals surface area (Å²) >= 11 is 0. The van der Waals surface area contributed by atoms with E-state index in [0.29, 0.717) is 30.8 Å². The van der Waals surface area contributed by atoms with Crippen molar-refractivity contribution in [1.29, 1.82) is 0 Å². The van der Waals surface area contributed by atoms with E-state index in [1.165, 1.54) is 22.3 Å². The third kappa shape index (κ3) is 2.91. The number of rotatable bonds is 3. The van der Waals surface area contributed by atoms with Gasteiger partial charge in [0, 0.05) is 38.1 Å². The Morgan fingerprint density at radius 3 is 2.32 bits per heavy atom. The summed E-state index contributed by atoms with van der Waals surface area (Å²) in [5.41, 5.74) is 5.82. The molecule has 0 spiro atoms. The molecule has 2 bridgehead atoms. The molecular weight excluding hydrogens is 348 g/mol. The molecule has 4 nitrogen and oxygen atoms in total. The summed E-state index contributed by atoms with van der Waals surface area (Å²) in [7, 11) is 0. The second-order valence-corrected chi connectivity index (χ2v) is 8.61. The van der Waals surface area contributed by atoms with Crippen LogP contribution in [0.3, 0.4) is 0 Å². The molecule has 2 unspecified atom stereocenters. The molecule has 0 radical (unpaired) electrons. The van der Waals surface area contributed by atoms with Gasteiger partial charge in [0.15, 0.2) is 0 Å². The van der Waals surface area contributed by atoms with Gasteiger partial charge in [-0.1, -0.05) is 48.5 Å². The fourth-order valence-electron chi connectivity index (χ4n) is 5.69. The van der Waals surface area contributed by atoms with Gasteiger partial charge in [-0.15, -0.1) is 0 Å². The lowest BCUT2D eigenvalue weighted by Gasteiger charge is -2.45. The summed E-state index contributed by atoms with van der Waals surface area (Å²) in [5, 5.41) is 12.6. The number of nitrogens with zero attached hydrogens (tertiary/aromatic N) is 1. The van der Waals surface area contributed by atoms with Crippen LogP contribution in [0.1, 0.15) is 53.4 Å². The molecule has 2 N–H and O–H groups in total. The Morgan fingerprint density at radius 1 is 1.04 bits per heavy atom. The second-order valence-electron chi connectivity index (χ2n) is 8.61. The number of amides is 2. The summed E-state index contributed by atoms with van der Waals surface area (Å²) < 4.78 is 0. The second kappa shape index (κ2) is 7.25. The molecule has 1 fully saturated rings. The van der Waals surface area contributed by atoms with Crippen LogP contribution in [0.5, 0.6) is 0 Å². The average Bonchev–Trinajstić information content (AvgIpc) is 2.77. The third-order valence-corrected chi connectivity index (χ3v) is 7.00. The van der Waals surface area contributed by atoms with Gasteiger partial charge in [-0.05, 0) is 53.4 Å². The molecule has 3 aliphatic carbocycles. The molecule has 0 saturated carbocycles. The molecule has 4 aliphatic rings. The van der Waals surface area contributed by atoms with E-state index >= 15 is 0 Å². The van der Waals surface area contributed by atoms with Gasteiger partial charge in [-0.25, -0.2) is 4.79 Å². The van der Waals surface area contributed by atoms with Crippen LogP contribution in [-0.2, 0) is 0 Å². The van der Waals surface area contributed by atoms with Gasteiger partial charge in [0.25, 0.3) is 0 Å². The number of fused-ring (bicyclic) bond motifs is 1. The first kappa shape index (κ1) is 17.7. The maximum Gasteiger partial charge on any atom is 0.317 e. The molecule has 2 aromatic rings. The number of likely N-dealkylation sites (tertiary alicyclic amines) is 1. The molecule has 2 atom stereocenters. The predicted molar refractivity (Wildman–Crippen MR) is 109 cm³/mol. The van der Waals surface area contributed by atoms with Crippen molar-refractivity contribution in [3.05, 3.63) is 70.8 Å². The Balaban J connectivity index is 1.34. The van der Waals surface area contributed by atoms with Gasteiger partial charge >= 0.3 is 6.03 Å². The minimum Gasteiger partial charge on any atom is -0.396 e. The number of aliphatic hydroxyl groups is 1. The molecule has 1 heterocycles. The van der Waals surface area contributed by atoms with Crippen molar-refractivity contribution in [3.8, 4) is 0 Å². The normalized spacial score (nSPS) is 27.8. The summed E-state index contributed by atoms with van der Waals surface area (Å²) in [6.45, 7) is 2.35. The number of nitrogens with one attached hydrogen (secondary N) is 1. The summed E-state index contributed by atoms with van der Waals surface area (Å²) in [4.78, 5) is 14.6. The van der Waals surface area contributed by atoms with Crippen molar-refractivity contribution in [3.63, 3.8) is 0 Å². The summed E-state index contributed by atoms with van der Waals surface area (Å²) in [6.07, 6.45) is 3.09. The van der Waals surface area contributed by atoms with Gasteiger partial charge in [0.05, 0.1) is 0 Å². The van der Waals surface area contributed by atoms with Gasteiger partial charge < -0.3 is 15.3 Å². The van der Waals surface area contributed by atoms with Crippen LogP contribution in [0.2, 0.25) is 0 Å². The van der Waals surface area contributed by atoms with E-state index < -0.39 is 0 Å². The predicted octanol–water partition coefficient (Wildman–Crippen LogP) is 3.70. The lowest BCUT2D eigenvalue weighted by molar-refractivity contribution is 0.128. The van der Waals surface area contributed by atoms with Gasteiger partial charge in [-0.2, -0.15) is 0 Å². The number of carbonyl (C=O) groups is 1. The van der Waals surface area contributed by atoms with Crippen LogP contribution in [0.15, 0.2) is 48.5 Å². The molecule has 1 saturated heterocycles. The first-order valence-electron chi connectivity index (χ1n) is 10.6. The average molecular weight is 377 g/mol. The molecule has 2 aromatic carbocycles. The van der Waals surface area contributed by atoms with E-state index in [1.807, 2.05) is 4.90 Å². The molecule has 0 aromatic heterocycles. The Kier molecular flexibility index (Phi) is 4.59. The van der Waals surface area contributed by atoms with Crippen LogP contribution < -0.4 is 5.32 Å². The molecule has 146 valence electrons. The first-order valence-corrected chi connectivity index (χ1v) is 10.6. The zero-order valence-electron chi connectivity index (χ0n) is 16.2. The van der Waals surface area contributed by atoms with E-state index in [1.54, 1.807) is 0 Å². The lowest BCUT2D eigenvalue weighted by atomic mass is 9.59. The minimum atomic E-state index is 0.0289. The largest absolute Gasteiger partial charge is 0.396 e. The number of urea groups is 1. The number of aliphatic hydroxyl groups excluding tert-OH is 1. The Bertz CT molecular complexity index is 833. The van der Waals surface area contributed by atoms with E-state index in [4.69, 9.17) is 0 Å². The van der Waals surface area contributed by atoms with Crippen molar-refractivity contribution >= 4 is 6.03 Å². The highest BCUT2D eigenvalue weighted by Gasteiger charge is 2.43. The van der Waals surface area contributed by atoms with Crippen LogP contribution in [0.25, 0.3) is 0 Å². The number of hydrogen-bond donors (Lipinski definition) is 2. The standard InChI is InChI=1S/C24H28N2O2/c27-15-16-6-5-11-26(14-16)24(28)25-13-17-12-22-18-7-1-3-9-20(18)23(17)21-10-4-2-8-19(21)22/h1-4,7-10,16-17,22-23,27H,5-6,11-15H2,(H,25,28). The topological polar surface area (TPSA) is 52.6 Å². The minimum absolute atomic E-state index is 0.0289. The highest BCUT2D eigenvalue weighted by Crippen LogP contribution is 2.55. The smallest absolute Gasteiger partial charge is 0.317 e. The van der Waals surface area contributed by atoms with Crippen molar-refractivity contribution in [2.75, 3.05) is 26.2 Å². The summed E-state index contributed by atoms with van der Waals surface area (Å²) in [6, 6.07) is 17.7. The monoisotopic (exact) mass is 376 g/mol. The Labute approximate surface area is 166 Å². The van der Waals surface area contributed by atoms with Crippen LogP contribution >= 0.6 is 0 Å². The number of carbonyl (C=O) groups excluding carboxylic acids is 1. The highest BCUT2D eigenvalue weighted by molar-refractivity contribution is 5.74. The molecular formula is C24H28N2O2. The number of benzene rings is 2. The first-order chi connectivity index (χ1) is 13.8. The van der Waals surface area contributed by atoms with E-state index in [9.17, 15) is 9.90 Å². The Hall–Kier alpha value is -2.33. The summed E-state index contributed by atoms with van der Waals surface area (Å²) in [5.74, 6) is 1.46. The van der Waals surface area contributed by atoms with Crippen molar-refractivity contribution in [1.82, 2.24) is 10.2 Å². The number of hydrogen-bond acceptors (Lipinski definition) is 2. The molecule has 4 heteroatoms. The fraction of sp³-hybridized carbons (Fsp3) is 0.458. The van der Waals surface area contributed by atoms with Crippen molar-refractivity contribution in [2.45, 2.75) is 31.1 Å². The van der Waals surface area contributed by atoms with Crippen molar-refractivity contribution in [2.24, 2.45) is 11.8 Å². The van der Waals surface area contributed by atoms with Crippen LogP contribution in [-0.4, -0.2) is 42.3 Å². The molecule has 1 aliphatic heterocycles. The maximum atomic E-state index is 12.7. The Morgan fingerprint density at radius 2 is 1.68 bits per heavy atom. The van der Waals surface area contributed by atoms with Gasteiger partial charge in [0.2, 0.25) is 0 Å². The highest BCUT2D eigenvalue weighted by atomic mass is 16.3. The maximum absolute atomic E-state index is 12.7.